The highest BCUT2D eigenvalue weighted by Gasteiger charge is 2.42. The normalized spacial score (nSPS) is 18.5. The Balaban J connectivity index is 1.92. The molecular weight excluding hydrogens is 278 g/mol. The molecule has 6 heteroatoms. The number of aryl methyl sites for hydroxylation is 3. The van der Waals surface area contributed by atoms with Gasteiger partial charge < -0.3 is 9.32 Å². The summed E-state index contributed by atoms with van der Waals surface area (Å²) in [6.07, 6.45) is 7.95. The summed E-state index contributed by atoms with van der Waals surface area (Å²) >= 11 is 0. The lowest BCUT2D eigenvalue weighted by Gasteiger charge is -2.38. The summed E-state index contributed by atoms with van der Waals surface area (Å²) in [5.41, 5.74) is 2.05. The van der Waals surface area contributed by atoms with Gasteiger partial charge in [0.2, 0.25) is 0 Å². The van der Waals surface area contributed by atoms with Crippen LogP contribution in [0.4, 0.5) is 6.01 Å². The number of nitrogens with zero attached hydrogens (tertiary/aromatic N) is 5. The van der Waals surface area contributed by atoms with Gasteiger partial charge in [-0.2, -0.15) is 10.00 Å². The highest BCUT2D eigenvalue weighted by atomic mass is 16.4. The van der Waals surface area contributed by atoms with E-state index in [1.54, 1.807) is 6.26 Å². The molecule has 3 heterocycles. The van der Waals surface area contributed by atoms with Gasteiger partial charge >= 0.3 is 6.01 Å². The summed E-state index contributed by atoms with van der Waals surface area (Å²) in [5, 5.41) is 4.49. The molecular formula is C16H24N5O+. The Hall–Kier alpha value is -2.24. The fourth-order valence-corrected chi connectivity index (χ4v) is 3.29. The van der Waals surface area contributed by atoms with Crippen LogP contribution in [0.25, 0.3) is 0 Å². The monoisotopic (exact) mass is 302 g/mol. The summed E-state index contributed by atoms with van der Waals surface area (Å²) in [7, 11) is 3.98. The fraction of sp³-hybridized carbons (Fsp3) is 0.500. The van der Waals surface area contributed by atoms with E-state index >= 15 is 0 Å². The zero-order valence-electron chi connectivity index (χ0n) is 14.1. The highest BCUT2D eigenvalue weighted by Crippen LogP contribution is 2.35. The summed E-state index contributed by atoms with van der Waals surface area (Å²) in [6.45, 7) is 8.64. The average molecular weight is 302 g/mol. The number of rotatable bonds is 3. The molecule has 0 saturated carbocycles. The van der Waals surface area contributed by atoms with Gasteiger partial charge in [0.25, 0.3) is 0 Å². The topological polar surface area (TPSA) is 41.3 Å². The fourth-order valence-electron chi connectivity index (χ4n) is 3.29. The van der Waals surface area contributed by atoms with Crippen LogP contribution in [0.15, 0.2) is 35.3 Å². The Kier molecular flexibility index (Phi) is 3.27. The number of aromatic nitrogens is 3. The van der Waals surface area contributed by atoms with E-state index in [1.807, 2.05) is 36.5 Å². The van der Waals surface area contributed by atoms with Gasteiger partial charge in [-0.15, -0.1) is 0 Å². The van der Waals surface area contributed by atoms with Crippen LogP contribution in [0.3, 0.4) is 0 Å². The standard InChI is InChI=1S/C16H24N5O/c1-12-11-14(19(6)17-12)16(3,4)21-8-7-20(13(21)2)15-18(5)9-10-22-15/h7-11,13H,1-6H3/q+1/t13-/m1/s1. The average Bonchev–Trinajstić information content (AvgIpc) is 3.09. The molecule has 22 heavy (non-hydrogen) atoms. The second-order valence-corrected chi connectivity index (χ2v) is 6.39. The van der Waals surface area contributed by atoms with E-state index in [0.29, 0.717) is 0 Å². The quantitative estimate of drug-likeness (QED) is 0.814. The zero-order valence-corrected chi connectivity index (χ0v) is 14.1. The van der Waals surface area contributed by atoms with Crippen molar-refractivity contribution in [1.29, 1.82) is 0 Å². The Morgan fingerprint density at radius 3 is 2.59 bits per heavy atom. The van der Waals surface area contributed by atoms with Gasteiger partial charge in [-0.1, -0.05) is 0 Å². The maximum Gasteiger partial charge on any atom is 0.462 e. The van der Waals surface area contributed by atoms with Crippen LogP contribution < -0.4 is 9.47 Å². The van der Waals surface area contributed by atoms with Crippen LogP contribution in [0, 0.1) is 6.92 Å². The molecule has 0 bridgehead atoms. The van der Waals surface area contributed by atoms with Gasteiger partial charge in [0, 0.05) is 13.2 Å². The van der Waals surface area contributed by atoms with E-state index in [2.05, 4.69) is 54.1 Å². The van der Waals surface area contributed by atoms with Crippen LogP contribution in [-0.4, -0.2) is 20.8 Å². The molecule has 6 nitrogen and oxygen atoms in total. The van der Waals surface area contributed by atoms with Crippen molar-refractivity contribution in [2.75, 3.05) is 4.90 Å². The van der Waals surface area contributed by atoms with Gasteiger partial charge in [-0.05, 0) is 33.8 Å². The van der Waals surface area contributed by atoms with E-state index in [4.69, 9.17) is 4.42 Å². The molecule has 1 atom stereocenters. The molecule has 0 aromatic carbocycles. The van der Waals surface area contributed by atoms with E-state index in [-0.39, 0.29) is 11.7 Å². The lowest BCUT2D eigenvalue weighted by atomic mass is 9.97. The number of oxazole rings is 1. The van der Waals surface area contributed by atoms with E-state index in [1.165, 1.54) is 5.69 Å². The van der Waals surface area contributed by atoms with Crippen molar-refractivity contribution in [3.05, 3.63) is 42.3 Å². The van der Waals surface area contributed by atoms with Crippen molar-refractivity contribution in [2.24, 2.45) is 14.1 Å². The van der Waals surface area contributed by atoms with Gasteiger partial charge in [-0.3, -0.25) is 4.68 Å². The predicted octanol–water partition coefficient (Wildman–Crippen LogP) is 2.02. The van der Waals surface area contributed by atoms with E-state index in [9.17, 15) is 0 Å². The van der Waals surface area contributed by atoms with E-state index in [0.717, 1.165) is 11.7 Å². The van der Waals surface area contributed by atoms with Gasteiger partial charge in [0.1, 0.15) is 18.7 Å². The molecule has 0 aliphatic carbocycles. The molecule has 118 valence electrons. The number of hydrogen-bond donors (Lipinski definition) is 0. The number of anilines is 1. The minimum atomic E-state index is -0.175. The van der Waals surface area contributed by atoms with Crippen molar-refractivity contribution < 1.29 is 8.98 Å². The second kappa shape index (κ2) is 4.90. The first kappa shape index (κ1) is 14.7. The third-order valence-corrected chi connectivity index (χ3v) is 4.45. The third kappa shape index (κ3) is 2.10. The highest BCUT2D eigenvalue weighted by molar-refractivity contribution is 5.34. The number of hydrogen-bond acceptors (Lipinski definition) is 4. The van der Waals surface area contributed by atoms with Crippen LogP contribution >= 0.6 is 0 Å². The van der Waals surface area contributed by atoms with Crippen LogP contribution in [-0.2, 0) is 19.6 Å². The zero-order chi connectivity index (χ0) is 16.1. The molecule has 0 fully saturated rings. The summed E-state index contributed by atoms with van der Waals surface area (Å²) in [4.78, 5) is 4.46. The Morgan fingerprint density at radius 2 is 2.05 bits per heavy atom. The van der Waals surface area contributed by atoms with Crippen molar-refractivity contribution in [3.8, 4) is 0 Å². The molecule has 1 aliphatic rings. The van der Waals surface area contributed by atoms with Crippen molar-refractivity contribution in [2.45, 2.75) is 39.4 Å². The predicted molar refractivity (Wildman–Crippen MR) is 83.8 cm³/mol. The molecule has 2 aromatic heterocycles. The Bertz CT molecular complexity index is 712. The van der Waals surface area contributed by atoms with Crippen molar-refractivity contribution in [1.82, 2.24) is 14.7 Å². The minimum Gasteiger partial charge on any atom is -0.396 e. The minimum absolute atomic E-state index is 0.155. The SMILES string of the molecule is Cc1cc(C(C)(C)N2C=CN(c3occ[n+]3C)[C@H]2C)n(C)n1. The molecule has 3 rings (SSSR count). The van der Waals surface area contributed by atoms with Crippen LogP contribution in [0.1, 0.15) is 32.2 Å². The molecule has 0 unspecified atom stereocenters. The molecule has 0 N–H and O–H groups in total. The van der Waals surface area contributed by atoms with Gasteiger partial charge in [-0.25, -0.2) is 4.57 Å². The van der Waals surface area contributed by atoms with E-state index < -0.39 is 0 Å². The summed E-state index contributed by atoms with van der Waals surface area (Å²) in [5.74, 6) is 0. The Labute approximate surface area is 131 Å². The van der Waals surface area contributed by atoms with Crippen molar-refractivity contribution >= 4 is 6.01 Å². The Morgan fingerprint density at radius 1 is 1.32 bits per heavy atom. The maximum absolute atomic E-state index is 5.61. The lowest BCUT2D eigenvalue weighted by Crippen LogP contribution is -2.49. The van der Waals surface area contributed by atoms with Gasteiger partial charge in [0.05, 0.1) is 24.0 Å². The first-order valence-corrected chi connectivity index (χ1v) is 7.51. The molecule has 0 amide bonds. The lowest BCUT2D eigenvalue weighted by molar-refractivity contribution is -0.660. The molecule has 2 aromatic rings. The summed E-state index contributed by atoms with van der Waals surface area (Å²) in [6, 6.07) is 2.97. The largest absolute Gasteiger partial charge is 0.462 e. The molecule has 0 radical (unpaired) electrons. The second-order valence-electron chi connectivity index (χ2n) is 6.39. The first-order valence-electron chi connectivity index (χ1n) is 7.51. The first-order chi connectivity index (χ1) is 10.3. The summed E-state index contributed by atoms with van der Waals surface area (Å²) < 4.78 is 9.55. The van der Waals surface area contributed by atoms with Crippen LogP contribution in [0.2, 0.25) is 0 Å². The van der Waals surface area contributed by atoms with Crippen LogP contribution in [0.5, 0.6) is 0 Å². The third-order valence-electron chi connectivity index (χ3n) is 4.45. The van der Waals surface area contributed by atoms with Gasteiger partial charge in [0.15, 0.2) is 6.17 Å². The molecule has 0 spiro atoms. The maximum atomic E-state index is 5.61. The smallest absolute Gasteiger partial charge is 0.396 e. The van der Waals surface area contributed by atoms with Crippen molar-refractivity contribution in [3.63, 3.8) is 0 Å². The molecule has 0 saturated heterocycles. The molecule has 1 aliphatic heterocycles.